The highest BCUT2D eigenvalue weighted by molar-refractivity contribution is 5.79. The lowest BCUT2D eigenvalue weighted by molar-refractivity contribution is 0.319. The molecule has 0 amide bonds. The Hall–Kier alpha value is -2.16. The standard InChI is InChI=1S/C18H24N2O/c1-5-9-21-17-8-6-7-16(18(17)19)20(4)15-11-13(2)10-14(3)12-15/h6-8,10-12H,5,9,19H2,1-4H3. The summed E-state index contributed by atoms with van der Waals surface area (Å²) in [6.45, 7) is 6.98. The van der Waals surface area contributed by atoms with Crippen LogP contribution < -0.4 is 15.4 Å². The van der Waals surface area contributed by atoms with Gasteiger partial charge in [0.2, 0.25) is 0 Å². The van der Waals surface area contributed by atoms with E-state index in [2.05, 4.69) is 43.9 Å². The van der Waals surface area contributed by atoms with Crippen LogP contribution >= 0.6 is 0 Å². The van der Waals surface area contributed by atoms with Gasteiger partial charge in [-0.25, -0.2) is 0 Å². The Kier molecular flexibility index (Phi) is 4.73. The number of nitrogens with zero attached hydrogens (tertiary/aromatic N) is 1. The SMILES string of the molecule is CCCOc1cccc(N(C)c2cc(C)cc(C)c2)c1N. The van der Waals surface area contributed by atoms with Crippen LogP contribution in [0, 0.1) is 13.8 Å². The van der Waals surface area contributed by atoms with Gasteiger partial charge in [0.25, 0.3) is 0 Å². The number of anilines is 3. The van der Waals surface area contributed by atoms with Crippen LogP contribution in [0.15, 0.2) is 36.4 Å². The van der Waals surface area contributed by atoms with Gasteiger partial charge >= 0.3 is 0 Å². The monoisotopic (exact) mass is 284 g/mol. The van der Waals surface area contributed by atoms with Crippen molar-refractivity contribution in [2.45, 2.75) is 27.2 Å². The maximum Gasteiger partial charge on any atom is 0.144 e. The maximum absolute atomic E-state index is 6.27. The molecule has 2 N–H and O–H groups in total. The van der Waals surface area contributed by atoms with Crippen LogP contribution in [0.25, 0.3) is 0 Å². The molecule has 0 aliphatic carbocycles. The molecule has 0 radical (unpaired) electrons. The lowest BCUT2D eigenvalue weighted by Gasteiger charge is -2.23. The minimum atomic E-state index is 0.681. The molecule has 2 aromatic rings. The Morgan fingerprint density at radius 2 is 1.76 bits per heavy atom. The van der Waals surface area contributed by atoms with E-state index in [1.807, 2.05) is 25.2 Å². The number of ether oxygens (including phenoxy) is 1. The summed E-state index contributed by atoms with van der Waals surface area (Å²) in [5.41, 5.74) is 11.5. The summed E-state index contributed by atoms with van der Waals surface area (Å²) >= 11 is 0. The van der Waals surface area contributed by atoms with Crippen molar-refractivity contribution in [3.63, 3.8) is 0 Å². The molecule has 2 aromatic carbocycles. The minimum Gasteiger partial charge on any atom is -0.491 e. The third-order valence-corrected chi connectivity index (χ3v) is 3.46. The number of hydrogen-bond donors (Lipinski definition) is 1. The van der Waals surface area contributed by atoms with Crippen molar-refractivity contribution >= 4 is 17.1 Å². The fourth-order valence-electron chi connectivity index (χ4n) is 2.45. The van der Waals surface area contributed by atoms with Crippen LogP contribution in [0.1, 0.15) is 24.5 Å². The molecule has 112 valence electrons. The Labute approximate surface area is 127 Å². The van der Waals surface area contributed by atoms with E-state index in [-0.39, 0.29) is 0 Å². The van der Waals surface area contributed by atoms with E-state index in [1.54, 1.807) is 0 Å². The first kappa shape index (κ1) is 15.2. The third kappa shape index (κ3) is 3.48. The van der Waals surface area contributed by atoms with Gasteiger partial charge in [0.05, 0.1) is 18.0 Å². The smallest absolute Gasteiger partial charge is 0.144 e. The Balaban J connectivity index is 2.36. The molecule has 0 unspecified atom stereocenters. The van der Waals surface area contributed by atoms with Crippen LogP contribution in [-0.4, -0.2) is 13.7 Å². The van der Waals surface area contributed by atoms with Gasteiger partial charge in [0.1, 0.15) is 5.75 Å². The Morgan fingerprint density at radius 1 is 1.10 bits per heavy atom. The first-order valence-electron chi connectivity index (χ1n) is 7.36. The highest BCUT2D eigenvalue weighted by Gasteiger charge is 2.12. The summed E-state index contributed by atoms with van der Waals surface area (Å²) < 4.78 is 5.71. The molecular formula is C18H24N2O. The zero-order valence-electron chi connectivity index (χ0n) is 13.3. The van der Waals surface area contributed by atoms with Gasteiger partial charge in [-0.1, -0.05) is 19.1 Å². The van der Waals surface area contributed by atoms with Crippen LogP contribution in [0.3, 0.4) is 0 Å². The quantitative estimate of drug-likeness (QED) is 0.825. The average molecular weight is 284 g/mol. The summed E-state index contributed by atoms with van der Waals surface area (Å²) in [5, 5.41) is 0. The van der Waals surface area contributed by atoms with Gasteiger partial charge in [-0.2, -0.15) is 0 Å². The second-order valence-corrected chi connectivity index (χ2v) is 5.44. The highest BCUT2D eigenvalue weighted by atomic mass is 16.5. The number of rotatable bonds is 5. The summed E-state index contributed by atoms with van der Waals surface area (Å²) in [5.74, 6) is 0.755. The third-order valence-electron chi connectivity index (χ3n) is 3.46. The fourth-order valence-corrected chi connectivity index (χ4v) is 2.45. The lowest BCUT2D eigenvalue weighted by Crippen LogP contribution is -2.13. The van der Waals surface area contributed by atoms with E-state index in [9.17, 15) is 0 Å². The molecule has 21 heavy (non-hydrogen) atoms. The van der Waals surface area contributed by atoms with E-state index >= 15 is 0 Å². The number of benzene rings is 2. The summed E-state index contributed by atoms with van der Waals surface area (Å²) in [6.07, 6.45) is 0.969. The van der Waals surface area contributed by atoms with E-state index in [0.717, 1.165) is 23.5 Å². The number of hydrogen-bond acceptors (Lipinski definition) is 3. The van der Waals surface area contributed by atoms with E-state index in [4.69, 9.17) is 10.5 Å². The van der Waals surface area contributed by atoms with Crippen molar-refractivity contribution in [3.05, 3.63) is 47.5 Å². The molecule has 0 bridgehead atoms. The molecule has 0 saturated carbocycles. The van der Waals surface area contributed by atoms with E-state index < -0.39 is 0 Å². The van der Waals surface area contributed by atoms with E-state index in [0.29, 0.717) is 12.3 Å². The van der Waals surface area contributed by atoms with Crippen LogP contribution in [0.5, 0.6) is 5.75 Å². The molecule has 0 fully saturated rings. The fraction of sp³-hybridized carbons (Fsp3) is 0.333. The van der Waals surface area contributed by atoms with Gasteiger partial charge in [0.15, 0.2) is 0 Å². The largest absolute Gasteiger partial charge is 0.491 e. The molecule has 0 aromatic heterocycles. The molecule has 0 aliphatic heterocycles. The summed E-state index contributed by atoms with van der Waals surface area (Å²) in [7, 11) is 2.03. The predicted molar refractivity (Wildman–Crippen MR) is 90.6 cm³/mol. The average Bonchev–Trinajstić information content (AvgIpc) is 2.44. The first-order valence-corrected chi connectivity index (χ1v) is 7.36. The minimum absolute atomic E-state index is 0.681. The number of aryl methyl sites for hydroxylation is 2. The molecule has 0 spiro atoms. The zero-order chi connectivity index (χ0) is 15.4. The number of para-hydroxylation sites is 1. The molecule has 0 saturated heterocycles. The maximum atomic E-state index is 6.27. The van der Waals surface area contributed by atoms with Crippen LogP contribution in [-0.2, 0) is 0 Å². The van der Waals surface area contributed by atoms with Gasteiger partial charge in [0, 0.05) is 12.7 Å². The topological polar surface area (TPSA) is 38.5 Å². The van der Waals surface area contributed by atoms with Crippen LogP contribution in [0.4, 0.5) is 17.1 Å². The Morgan fingerprint density at radius 3 is 2.38 bits per heavy atom. The van der Waals surface area contributed by atoms with Crippen molar-refractivity contribution in [2.24, 2.45) is 0 Å². The predicted octanol–water partition coefficient (Wildman–Crippen LogP) is 4.44. The lowest BCUT2D eigenvalue weighted by atomic mass is 10.1. The molecule has 0 atom stereocenters. The second-order valence-electron chi connectivity index (χ2n) is 5.44. The van der Waals surface area contributed by atoms with Crippen molar-refractivity contribution in [1.82, 2.24) is 0 Å². The second kappa shape index (κ2) is 6.53. The summed E-state index contributed by atoms with van der Waals surface area (Å²) in [4.78, 5) is 2.11. The van der Waals surface area contributed by atoms with Crippen molar-refractivity contribution in [1.29, 1.82) is 0 Å². The normalized spacial score (nSPS) is 10.5. The number of nitrogens with two attached hydrogens (primary N) is 1. The van der Waals surface area contributed by atoms with Crippen LogP contribution in [0.2, 0.25) is 0 Å². The van der Waals surface area contributed by atoms with Crippen molar-refractivity contribution in [3.8, 4) is 5.75 Å². The molecule has 0 aliphatic rings. The highest BCUT2D eigenvalue weighted by Crippen LogP contribution is 2.35. The van der Waals surface area contributed by atoms with Gasteiger partial charge in [-0.3, -0.25) is 0 Å². The zero-order valence-corrected chi connectivity index (χ0v) is 13.3. The number of nitrogen functional groups attached to an aromatic ring is 1. The molecule has 2 rings (SSSR count). The molecule has 3 heteroatoms. The molecule has 0 heterocycles. The van der Waals surface area contributed by atoms with Gasteiger partial charge in [-0.15, -0.1) is 0 Å². The molecular weight excluding hydrogens is 260 g/mol. The summed E-state index contributed by atoms with van der Waals surface area (Å²) in [6, 6.07) is 12.4. The van der Waals surface area contributed by atoms with E-state index in [1.165, 1.54) is 11.1 Å². The van der Waals surface area contributed by atoms with Crippen molar-refractivity contribution < 1.29 is 4.74 Å². The van der Waals surface area contributed by atoms with Gasteiger partial charge in [-0.05, 0) is 55.7 Å². The first-order chi connectivity index (χ1) is 10.0. The molecule has 3 nitrogen and oxygen atoms in total. The van der Waals surface area contributed by atoms with Gasteiger partial charge < -0.3 is 15.4 Å². The van der Waals surface area contributed by atoms with Crippen molar-refractivity contribution in [2.75, 3.05) is 24.3 Å². The Bertz CT molecular complexity index is 602.